The topological polar surface area (TPSA) is 15.3 Å². The fourth-order valence-corrected chi connectivity index (χ4v) is 4.42. The van der Waals surface area contributed by atoms with E-state index in [1.54, 1.807) is 0 Å². The molecule has 1 aromatic rings. The van der Waals surface area contributed by atoms with Crippen LogP contribution in [0.1, 0.15) is 25.7 Å². The lowest BCUT2D eigenvalue weighted by Gasteiger charge is -2.36. The maximum Gasteiger partial charge on any atom is 0.0602 e. The molecule has 2 saturated carbocycles. The second kappa shape index (κ2) is 4.18. The summed E-state index contributed by atoms with van der Waals surface area (Å²) in [6.45, 7) is 3.56. The van der Waals surface area contributed by atoms with Gasteiger partial charge in [0, 0.05) is 19.6 Å². The average molecular weight is 242 g/mol. The van der Waals surface area contributed by atoms with Crippen LogP contribution in [0, 0.1) is 17.8 Å². The van der Waals surface area contributed by atoms with E-state index < -0.39 is 0 Å². The van der Waals surface area contributed by atoms with Gasteiger partial charge in [0.05, 0.1) is 11.4 Å². The number of hydrogen-bond acceptors (Lipinski definition) is 2. The lowest BCUT2D eigenvalue weighted by molar-refractivity contribution is 0.334. The molecule has 2 aliphatic carbocycles. The van der Waals surface area contributed by atoms with Crippen molar-refractivity contribution >= 4 is 11.4 Å². The van der Waals surface area contributed by atoms with Crippen molar-refractivity contribution in [2.75, 3.05) is 29.9 Å². The number of para-hydroxylation sites is 2. The molecule has 2 bridgehead atoms. The van der Waals surface area contributed by atoms with E-state index in [2.05, 4.69) is 34.5 Å². The van der Waals surface area contributed by atoms with Crippen LogP contribution in [-0.2, 0) is 0 Å². The number of rotatable bonds is 2. The van der Waals surface area contributed by atoms with E-state index in [4.69, 9.17) is 0 Å². The van der Waals surface area contributed by atoms with Gasteiger partial charge in [-0.2, -0.15) is 0 Å². The first-order chi connectivity index (χ1) is 8.90. The summed E-state index contributed by atoms with van der Waals surface area (Å²) >= 11 is 0. The van der Waals surface area contributed by atoms with Crippen molar-refractivity contribution in [1.29, 1.82) is 0 Å². The van der Waals surface area contributed by atoms with Gasteiger partial charge in [0.15, 0.2) is 0 Å². The first kappa shape index (κ1) is 10.7. The maximum absolute atomic E-state index is 3.51. The highest BCUT2D eigenvalue weighted by Crippen LogP contribution is 2.49. The Kier molecular flexibility index (Phi) is 2.49. The summed E-state index contributed by atoms with van der Waals surface area (Å²) in [5.41, 5.74) is 2.75. The Hall–Kier alpha value is -1.18. The molecule has 2 nitrogen and oxygen atoms in total. The summed E-state index contributed by atoms with van der Waals surface area (Å²) in [7, 11) is 0. The van der Waals surface area contributed by atoms with E-state index >= 15 is 0 Å². The van der Waals surface area contributed by atoms with Crippen molar-refractivity contribution in [3.63, 3.8) is 0 Å². The van der Waals surface area contributed by atoms with Gasteiger partial charge in [-0.1, -0.05) is 18.6 Å². The standard InChI is InChI=1S/C16H22N2/c1-2-4-16-15(3-1)17-7-8-18(16)11-14-10-12-5-6-13(14)9-12/h1-4,12-14,17H,5-11H2. The highest BCUT2D eigenvalue weighted by Gasteiger charge is 2.40. The van der Waals surface area contributed by atoms with E-state index in [1.165, 1.54) is 50.1 Å². The number of hydrogen-bond donors (Lipinski definition) is 1. The van der Waals surface area contributed by atoms with Gasteiger partial charge in [-0.3, -0.25) is 0 Å². The number of nitrogens with zero attached hydrogens (tertiary/aromatic N) is 1. The third-order valence-electron chi connectivity index (χ3n) is 5.28. The van der Waals surface area contributed by atoms with E-state index in [0.717, 1.165) is 24.3 Å². The van der Waals surface area contributed by atoms with Gasteiger partial charge in [-0.15, -0.1) is 0 Å². The molecule has 96 valence electrons. The average Bonchev–Trinajstić information content (AvgIpc) is 3.01. The molecule has 3 atom stereocenters. The second-order valence-electron chi connectivity index (χ2n) is 6.32. The Labute approximate surface area is 109 Å². The third kappa shape index (κ3) is 1.70. The largest absolute Gasteiger partial charge is 0.382 e. The zero-order valence-electron chi connectivity index (χ0n) is 10.9. The summed E-state index contributed by atoms with van der Waals surface area (Å²) in [5, 5.41) is 3.51. The Morgan fingerprint density at radius 1 is 1.17 bits per heavy atom. The van der Waals surface area contributed by atoms with E-state index in [1.807, 2.05) is 0 Å². The Morgan fingerprint density at radius 2 is 2.11 bits per heavy atom. The first-order valence-electron chi connectivity index (χ1n) is 7.48. The van der Waals surface area contributed by atoms with Crippen molar-refractivity contribution in [2.45, 2.75) is 25.7 Å². The van der Waals surface area contributed by atoms with Crippen LogP contribution < -0.4 is 10.2 Å². The molecular weight excluding hydrogens is 220 g/mol. The van der Waals surface area contributed by atoms with Crippen LogP contribution in [0.5, 0.6) is 0 Å². The number of nitrogens with one attached hydrogen (secondary N) is 1. The monoisotopic (exact) mass is 242 g/mol. The number of fused-ring (bicyclic) bond motifs is 3. The molecule has 18 heavy (non-hydrogen) atoms. The Morgan fingerprint density at radius 3 is 2.94 bits per heavy atom. The van der Waals surface area contributed by atoms with Gasteiger partial charge < -0.3 is 10.2 Å². The number of anilines is 2. The molecule has 1 N–H and O–H groups in total. The predicted molar refractivity (Wildman–Crippen MR) is 76.1 cm³/mol. The zero-order valence-corrected chi connectivity index (χ0v) is 10.9. The highest BCUT2D eigenvalue weighted by atomic mass is 15.2. The molecule has 2 fully saturated rings. The van der Waals surface area contributed by atoms with Crippen LogP contribution in [0.2, 0.25) is 0 Å². The molecule has 2 heteroatoms. The third-order valence-corrected chi connectivity index (χ3v) is 5.28. The molecular formula is C16H22N2. The van der Waals surface area contributed by atoms with Crippen molar-refractivity contribution in [3.05, 3.63) is 24.3 Å². The molecule has 1 aliphatic heterocycles. The minimum absolute atomic E-state index is 0.968. The van der Waals surface area contributed by atoms with Crippen molar-refractivity contribution in [3.8, 4) is 0 Å². The summed E-state index contributed by atoms with van der Waals surface area (Å²) in [4.78, 5) is 2.62. The molecule has 3 aliphatic rings. The number of benzene rings is 1. The van der Waals surface area contributed by atoms with Crippen molar-refractivity contribution in [2.24, 2.45) is 17.8 Å². The molecule has 1 heterocycles. The van der Waals surface area contributed by atoms with Gasteiger partial charge >= 0.3 is 0 Å². The van der Waals surface area contributed by atoms with Crippen LogP contribution in [-0.4, -0.2) is 19.6 Å². The van der Waals surface area contributed by atoms with Crippen molar-refractivity contribution in [1.82, 2.24) is 0 Å². The zero-order chi connectivity index (χ0) is 11.9. The van der Waals surface area contributed by atoms with Crippen LogP contribution in [0.25, 0.3) is 0 Å². The lowest BCUT2D eigenvalue weighted by atomic mass is 9.88. The van der Waals surface area contributed by atoms with Crippen LogP contribution in [0.15, 0.2) is 24.3 Å². The van der Waals surface area contributed by atoms with Gasteiger partial charge in [-0.05, 0) is 49.1 Å². The molecule has 0 spiro atoms. The quantitative estimate of drug-likeness (QED) is 0.855. The summed E-state index contributed by atoms with van der Waals surface area (Å²) in [6.07, 6.45) is 6.04. The van der Waals surface area contributed by atoms with Gasteiger partial charge in [0.25, 0.3) is 0 Å². The SMILES string of the molecule is c1ccc2c(c1)NCCN2CC1CC2CCC1C2. The van der Waals surface area contributed by atoms with E-state index in [-0.39, 0.29) is 0 Å². The van der Waals surface area contributed by atoms with Gasteiger partial charge in [-0.25, -0.2) is 0 Å². The Balaban J connectivity index is 1.53. The highest BCUT2D eigenvalue weighted by molar-refractivity contribution is 5.71. The van der Waals surface area contributed by atoms with Gasteiger partial charge in [0.2, 0.25) is 0 Å². The smallest absolute Gasteiger partial charge is 0.0602 e. The molecule has 4 rings (SSSR count). The normalized spacial score (nSPS) is 33.3. The van der Waals surface area contributed by atoms with Crippen molar-refractivity contribution < 1.29 is 0 Å². The maximum atomic E-state index is 3.51. The minimum atomic E-state index is 0.968. The lowest BCUT2D eigenvalue weighted by Crippen LogP contribution is -2.38. The molecule has 0 radical (unpaired) electrons. The Bertz CT molecular complexity index is 442. The van der Waals surface area contributed by atoms with Crippen LogP contribution in [0.4, 0.5) is 11.4 Å². The molecule has 0 amide bonds. The summed E-state index contributed by atoms with van der Waals surface area (Å²) in [6, 6.07) is 8.78. The fraction of sp³-hybridized carbons (Fsp3) is 0.625. The molecule has 0 aromatic heterocycles. The van der Waals surface area contributed by atoms with Crippen LogP contribution in [0.3, 0.4) is 0 Å². The van der Waals surface area contributed by atoms with E-state index in [9.17, 15) is 0 Å². The minimum Gasteiger partial charge on any atom is -0.382 e. The summed E-state index contributed by atoms with van der Waals surface area (Å²) in [5.74, 6) is 3.07. The second-order valence-corrected chi connectivity index (χ2v) is 6.32. The first-order valence-corrected chi connectivity index (χ1v) is 7.48. The van der Waals surface area contributed by atoms with Gasteiger partial charge in [0.1, 0.15) is 0 Å². The molecule has 3 unspecified atom stereocenters. The van der Waals surface area contributed by atoms with Crippen LogP contribution >= 0.6 is 0 Å². The molecule has 1 aromatic carbocycles. The fourth-order valence-electron chi connectivity index (χ4n) is 4.42. The molecule has 0 saturated heterocycles. The summed E-state index contributed by atoms with van der Waals surface area (Å²) < 4.78 is 0. The van der Waals surface area contributed by atoms with E-state index in [0.29, 0.717) is 0 Å². The predicted octanol–water partition coefficient (Wildman–Crippen LogP) is 3.35.